The molecule has 1 aliphatic heterocycles. The van der Waals surface area contributed by atoms with E-state index < -0.39 is 32.1 Å². The topological polar surface area (TPSA) is 69.7 Å². The van der Waals surface area contributed by atoms with Crippen molar-refractivity contribution in [2.45, 2.75) is 36.9 Å². The molecule has 1 heterocycles. The van der Waals surface area contributed by atoms with Gasteiger partial charge in [-0.3, -0.25) is 4.79 Å². The lowest BCUT2D eigenvalue weighted by molar-refractivity contribution is -0.144. The molecule has 0 aromatic heterocycles. The Labute approximate surface area is 129 Å². The zero-order valence-electron chi connectivity index (χ0n) is 12.3. The smallest absolute Gasteiger partial charge is 0.324 e. The van der Waals surface area contributed by atoms with Gasteiger partial charge in [-0.1, -0.05) is 18.2 Å². The largest absolute Gasteiger partial charge is 0.460 e. The van der Waals surface area contributed by atoms with Crippen molar-refractivity contribution in [1.82, 2.24) is 0 Å². The Kier molecular flexibility index (Phi) is 5.52. The van der Waals surface area contributed by atoms with E-state index in [2.05, 4.69) is 0 Å². The summed E-state index contributed by atoms with van der Waals surface area (Å²) in [6.45, 7) is 1.79. The van der Waals surface area contributed by atoms with E-state index in [4.69, 9.17) is 9.47 Å². The number of halogens is 1. The second-order valence-electron chi connectivity index (χ2n) is 5.24. The molecule has 0 amide bonds. The summed E-state index contributed by atoms with van der Waals surface area (Å²) in [5.74, 6) is -1.34. The second-order valence-corrected chi connectivity index (χ2v) is 7.79. The number of hydrogen-bond acceptors (Lipinski definition) is 5. The minimum atomic E-state index is -3.62. The molecule has 2 rings (SSSR count). The zero-order chi connectivity index (χ0) is 16.2. The summed E-state index contributed by atoms with van der Waals surface area (Å²) < 4.78 is 48.3. The normalized spacial score (nSPS) is 17.9. The molecule has 7 heteroatoms. The molecule has 1 aliphatic rings. The van der Waals surface area contributed by atoms with Crippen LogP contribution < -0.4 is 0 Å². The van der Waals surface area contributed by atoms with Crippen molar-refractivity contribution in [3.8, 4) is 0 Å². The lowest BCUT2D eigenvalue weighted by Gasteiger charge is -2.24. The Bertz CT molecular complexity index is 623. The highest BCUT2D eigenvalue weighted by molar-refractivity contribution is 7.93. The highest BCUT2D eigenvalue weighted by atomic mass is 32.2. The number of carbonyl (C=O) groups excluding carboxylic acids is 1. The van der Waals surface area contributed by atoms with Gasteiger partial charge in [0.25, 0.3) is 0 Å². The molecule has 0 N–H and O–H groups in total. The van der Waals surface area contributed by atoms with E-state index in [-0.39, 0.29) is 12.2 Å². The minimum absolute atomic E-state index is 0.214. The maximum absolute atomic E-state index is 13.4. The van der Waals surface area contributed by atoms with E-state index in [1.807, 2.05) is 0 Å². The van der Waals surface area contributed by atoms with Crippen molar-refractivity contribution in [1.29, 1.82) is 0 Å². The zero-order valence-corrected chi connectivity index (χ0v) is 13.1. The van der Waals surface area contributed by atoms with Crippen LogP contribution in [0.4, 0.5) is 4.39 Å². The van der Waals surface area contributed by atoms with Crippen LogP contribution in [0.15, 0.2) is 24.3 Å². The molecule has 1 aromatic carbocycles. The third kappa shape index (κ3) is 3.84. The number of carbonyl (C=O) groups is 1. The first-order valence-corrected chi connectivity index (χ1v) is 8.74. The molecule has 1 unspecified atom stereocenters. The molecule has 1 atom stereocenters. The first-order valence-electron chi connectivity index (χ1n) is 7.13. The summed E-state index contributed by atoms with van der Waals surface area (Å²) in [5, 5.41) is -1.85. The van der Waals surface area contributed by atoms with Gasteiger partial charge in [0.15, 0.2) is 15.1 Å². The van der Waals surface area contributed by atoms with Gasteiger partial charge in [0.1, 0.15) is 12.4 Å². The molecule has 1 fully saturated rings. The van der Waals surface area contributed by atoms with Crippen LogP contribution in [-0.2, 0) is 30.7 Å². The molecule has 0 spiro atoms. The van der Waals surface area contributed by atoms with Crippen molar-refractivity contribution >= 4 is 15.8 Å². The van der Waals surface area contributed by atoms with Crippen molar-refractivity contribution in [3.05, 3.63) is 35.6 Å². The summed E-state index contributed by atoms with van der Waals surface area (Å²) >= 11 is 0. The maximum atomic E-state index is 13.4. The number of rotatable bonds is 5. The predicted octanol–water partition coefficient (Wildman–Crippen LogP) is 1.85. The third-order valence-electron chi connectivity index (χ3n) is 3.79. The van der Waals surface area contributed by atoms with Gasteiger partial charge >= 0.3 is 5.97 Å². The fourth-order valence-electron chi connectivity index (χ4n) is 2.31. The van der Waals surface area contributed by atoms with E-state index in [0.29, 0.717) is 26.1 Å². The molecular weight excluding hydrogens is 311 g/mol. The fraction of sp³-hybridized carbons (Fsp3) is 0.533. The van der Waals surface area contributed by atoms with E-state index in [0.717, 1.165) is 0 Å². The molecule has 5 nitrogen and oxygen atoms in total. The van der Waals surface area contributed by atoms with Gasteiger partial charge in [-0.25, -0.2) is 12.8 Å². The Balaban J connectivity index is 1.98. The standard InChI is InChI=1S/C15H19FO5S/c1-11(22(18,19)13-6-8-20-9-7-13)15(17)21-10-12-4-2-3-5-14(12)16/h2-5,11,13H,6-10H2,1H3. The summed E-state index contributed by atoms with van der Waals surface area (Å²) in [5.41, 5.74) is 0.214. The van der Waals surface area contributed by atoms with Crippen LogP contribution in [0.5, 0.6) is 0 Å². The van der Waals surface area contributed by atoms with Crippen molar-refractivity contribution in [3.63, 3.8) is 0 Å². The molecule has 1 aromatic rings. The Morgan fingerprint density at radius 2 is 2.00 bits per heavy atom. The lowest BCUT2D eigenvalue weighted by Crippen LogP contribution is -2.39. The summed E-state index contributed by atoms with van der Waals surface area (Å²) in [4.78, 5) is 12.0. The van der Waals surface area contributed by atoms with Crippen LogP contribution in [0.2, 0.25) is 0 Å². The van der Waals surface area contributed by atoms with Crippen LogP contribution in [0.3, 0.4) is 0 Å². The molecule has 122 valence electrons. The molecule has 0 aliphatic carbocycles. The van der Waals surface area contributed by atoms with E-state index in [1.54, 1.807) is 6.07 Å². The van der Waals surface area contributed by atoms with Gasteiger partial charge in [0.05, 0.1) is 5.25 Å². The number of ether oxygens (including phenoxy) is 2. The number of hydrogen-bond donors (Lipinski definition) is 0. The lowest BCUT2D eigenvalue weighted by atomic mass is 10.2. The van der Waals surface area contributed by atoms with Gasteiger partial charge in [0, 0.05) is 18.8 Å². The summed E-state index contributed by atoms with van der Waals surface area (Å²) in [6.07, 6.45) is 0.764. The number of esters is 1. The molecule has 0 radical (unpaired) electrons. The van der Waals surface area contributed by atoms with Crippen LogP contribution >= 0.6 is 0 Å². The summed E-state index contributed by atoms with van der Waals surface area (Å²) in [7, 11) is -3.62. The minimum Gasteiger partial charge on any atom is -0.460 e. The highest BCUT2D eigenvalue weighted by Crippen LogP contribution is 2.21. The van der Waals surface area contributed by atoms with Crippen LogP contribution in [-0.4, -0.2) is 38.1 Å². The van der Waals surface area contributed by atoms with Crippen molar-refractivity contribution in [2.24, 2.45) is 0 Å². The van der Waals surface area contributed by atoms with Crippen molar-refractivity contribution < 1.29 is 27.1 Å². The van der Waals surface area contributed by atoms with Crippen LogP contribution in [0.25, 0.3) is 0 Å². The Hall–Kier alpha value is -1.47. The predicted molar refractivity (Wildman–Crippen MR) is 78.4 cm³/mol. The second kappa shape index (κ2) is 7.19. The highest BCUT2D eigenvalue weighted by Gasteiger charge is 2.37. The monoisotopic (exact) mass is 330 g/mol. The molecule has 1 saturated heterocycles. The van der Waals surface area contributed by atoms with Crippen molar-refractivity contribution in [2.75, 3.05) is 13.2 Å². The van der Waals surface area contributed by atoms with Crippen LogP contribution in [0.1, 0.15) is 25.3 Å². The first kappa shape index (κ1) is 16.9. The number of benzene rings is 1. The van der Waals surface area contributed by atoms with E-state index >= 15 is 0 Å². The average molecular weight is 330 g/mol. The van der Waals surface area contributed by atoms with Gasteiger partial charge < -0.3 is 9.47 Å². The van der Waals surface area contributed by atoms with Gasteiger partial charge in [-0.15, -0.1) is 0 Å². The van der Waals surface area contributed by atoms with E-state index in [1.165, 1.54) is 25.1 Å². The number of sulfone groups is 1. The maximum Gasteiger partial charge on any atom is 0.324 e. The Morgan fingerprint density at radius 3 is 2.64 bits per heavy atom. The molecule has 0 saturated carbocycles. The average Bonchev–Trinajstić information content (AvgIpc) is 2.54. The van der Waals surface area contributed by atoms with Gasteiger partial charge in [-0.05, 0) is 25.8 Å². The van der Waals surface area contributed by atoms with Crippen LogP contribution in [0, 0.1) is 5.82 Å². The Morgan fingerprint density at radius 1 is 1.36 bits per heavy atom. The summed E-state index contributed by atoms with van der Waals surface area (Å²) in [6, 6.07) is 5.89. The fourth-order valence-corrected chi connectivity index (χ4v) is 4.07. The quantitative estimate of drug-likeness (QED) is 0.771. The molecule has 22 heavy (non-hydrogen) atoms. The molecule has 0 bridgehead atoms. The third-order valence-corrected chi connectivity index (χ3v) is 6.36. The van der Waals surface area contributed by atoms with E-state index in [9.17, 15) is 17.6 Å². The first-order chi connectivity index (χ1) is 10.4. The van der Waals surface area contributed by atoms with Gasteiger partial charge in [0.2, 0.25) is 0 Å². The van der Waals surface area contributed by atoms with Gasteiger partial charge in [-0.2, -0.15) is 0 Å². The molecular formula is C15H19FO5S. The SMILES string of the molecule is CC(C(=O)OCc1ccccc1F)S(=O)(=O)C1CCOCC1.